The van der Waals surface area contributed by atoms with E-state index in [1.807, 2.05) is 6.08 Å². The summed E-state index contributed by atoms with van der Waals surface area (Å²) < 4.78 is 0. The monoisotopic (exact) mass is 1060 g/mol. The maximum absolute atomic E-state index is 4.34. The molecule has 0 heterocycles. The molecule has 0 saturated carbocycles. The predicted molar refractivity (Wildman–Crippen MR) is 355 cm³/mol. The molecule has 0 nitrogen and oxygen atoms in total. The number of hydrogen-bond acceptors (Lipinski definition) is 0. The molecule has 0 unspecified atom stereocenters. The van der Waals surface area contributed by atoms with Gasteiger partial charge in [0.25, 0.3) is 0 Å². The Morgan fingerprint density at radius 2 is 0.687 bits per heavy atom. The highest BCUT2D eigenvalue weighted by Gasteiger charge is 2.47. The topological polar surface area (TPSA) is 0 Å². The first kappa shape index (κ1) is 53.3. The van der Waals surface area contributed by atoms with Crippen LogP contribution in [0.25, 0.3) is 57.7 Å². The van der Waals surface area contributed by atoms with E-state index in [1.165, 1.54) is 38.9 Å². The summed E-state index contributed by atoms with van der Waals surface area (Å²) in [6.07, 6.45) is 17.8. The van der Waals surface area contributed by atoms with Crippen molar-refractivity contribution in [2.24, 2.45) is 0 Å². The summed E-state index contributed by atoms with van der Waals surface area (Å²) in [5.41, 5.74) is 25.8. The highest BCUT2D eigenvalue weighted by Crippen LogP contribution is 2.58. The summed E-state index contributed by atoms with van der Waals surface area (Å²) in [5, 5.41) is 0. The van der Waals surface area contributed by atoms with Crippen LogP contribution < -0.4 is 0 Å². The van der Waals surface area contributed by atoms with Crippen molar-refractivity contribution in [3.63, 3.8) is 0 Å². The van der Waals surface area contributed by atoms with E-state index in [1.54, 1.807) is 0 Å². The molecule has 0 fully saturated rings. The Morgan fingerprint density at radius 3 is 1.06 bits per heavy atom. The van der Waals surface area contributed by atoms with Crippen molar-refractivity contribution in [1.29, 1.82) is 0 Å². The summed E-state index contributed by atoms with van der Waals surface area (Å²) in [7, 11) is 0. The van der Waals surface area contributed by atoms with Gasteiger partial charge in [-0.05, 0) is 184 Å². The van der Waals surface area contributed by atoms with Crippen LogP contribution in [-0.2, 0) is 5.41 Å². The Balaban J connectivity index is 1.19. The van der Waals surface area contributed by atoms with Crippen molar-refractivity contribution in [3.05, 3.63) is 417 Å². The van der Waals surface area contributed by atoms with E-state index in [4.69, 9.17) is 0 Å². The van der Waals surface area contributed by atoms with Crippen molar-refractivity contribution in [3.8, 4) is 11.1 Å². The van der Waals surface area contributed by atoms with Gasteiger partial charge in [-0.3, -0.25) is 0 Å². The molecule has 0 N–H and O–H groups in total. The smallest absolute Gasteiger partial charge is 0.0716 e. The Bertz CT molecular complexity index is 4000. The average molecular weight is 1060 g/mol. The maximum Gasteiger partial charge on any atom is 0.0716 e. The molecule has 11 aromatic rings. The quantitative estimate of drug-likeness (QED) is 0.0668. The SMILES string of the molecule is C=CC(=C\C=C/C)/C(=C/c1cccc(C2(c3cc(C=C(c4ccccc4)c4ccccc4)ccc3C)c3cc(C=C(c4ccccc4)c4ccccc4)ccc3-c3ccc(C=C(c4ccccc4)c4ccccc4)cc32)c1)c1ccccc1. The van der Waals surface area contributed by atoms with Gasteiger partial charge in [0, 0.05) is 0 Å². The Morgan fingerprint density at radius 1 is 0.337 bits per heavy atom. The molecule has 0 aromatic heterocycles. The minimum atomic E-state index is -0.829. The highest BCUT2D eigenvalue weighted by molar-refractivity contribution is 5.98. The van der Waals surface area contributed by atoms with E-state index in [2.05, 4.69) is 354 Å². The Kier molecular flexibility index (Phi) is 15.7. The normalized spacial score (nSPS) is 12.5. The molecule has 0 radical (unpaired) electrons. The average Bonchev–Trinajstić information content (AvgIpc) is 3.79. The molecule has 0 saturated heterocycles. The molecule has 0 amide bonds. The molecule has 396 valence electrons. The molecule has 0 spiro atoms. The molecular formula is C83H64. The lowest BCUT2D eigenvalue weighted by molar-refractivity contribution is 0.760. The first-order valence-corrected chi connectivity index (χ1v) is 28.7. The number of aryl methyl sites for hydroxylation is 1. The van der Waals surface area contributed by atoms with E-state index in [0.717, 1.165) is 89.1 Å². The zero-order valence-electron chi connectivity index (χ0n) is 47.0. The van der Waals surface area contributed by atoms with Crippen LogP contribution in [0.2, 0.25) is 0 Å². The summed E-state index contributed by atoms with van der Waals surface area (Å²) in [5.74, 6) is 0. The lowest BCUT2D eigenvalue weighted by Crippen LogP contribution is -2.30. The first-order valence-electron chi connectivity index (χ1n) is 28.7. The van der Waals surface area contributed by atoms with Gasteiger partial charge < -0.3 is 0 Å². The van der Waals surface area contributed by atoms with Crippen LogP contribution in [0.5, 0.6) is 0 Å². The molecule has 83 heavy (non-hydrogen) atoms. The van der Waals surface area contributed by atoms with E-state index in [9.17, 15) is 0 Å². The molecule has 0 atom stereocenters. The van der Waals surface area contributed by atoms with Crippen molar-refractivity contribution >= 4 is 46.6 Å². The largest absolute Gasteiger partial charge is 0.0984 e. The zero-order chi connectivity index (χ0) is 56.4. The van der Waals surface area contributed by atoms with E-state index < -0.39 is 5.41 Å². The molecule has 12 rings (SSSR count). The standard InChI is InChI=1S/C83H64/c1-4-6-30-65(5-2)76(66-31-14-7-15-32-66)53-61-29-28-45-73(52-61)83(80-57-62(47-46-60(80)3)54-77(67-33-16-8-17-34-67)68-35-18-9-19-36-68)81-58-63(55-78(69-37-20-10-21-38-69)70-39-22-11-23-40-70)48-50-74(81)75-51-49-64(59-82(75)83)56-79(71-41-24-12-25-42-71)72-43-26-13-27-44-72/h4-59H,2H2,1,3H3/b6-4-,65-30+,76-53-. The predicted octanol–water partition coefficient (Wildman–Crippen LogP) is 21.4. The number of benzene rings is 11. The summed E-state index contributed by atoms with van der Waals surface area (Å²) in [4.78, 5) is 0. The Labute approximate surface area is 490 Å². The maximum atomic E-state index is 4.34. The minimum absolute atomic E-state index is 0.829. The second kappa shape index (κ2) is 24.5. The summed E-state index contributed by atoms with van der Waals surface area (Å²) in [6.45, 7) is 8.69. The van der Waals surface area contributed by atoms with E-state index in [0.29, 0.717) is 0 Å². The van der Waals surface area contributed by atoms with Crippen molar-refractivity contribution < 1.29 is 0 Å². The van der Waals surface area contributed by atoms with Crippen LogP contribution >= 0.6 is 0 Å². The molecule has 0 aliphatic heterocycles. The van der Waals surface area contributed by atoms with Crippen molar-refractivity contribution in [2.75, 3.05) is 0 Å². The third-order valence-electron chi connectivity index (χ3n) is 16.0. The van der Waals surface area contributed by atoms with Crippen molar-refractivity contribution in [1.82, 2.24) is 0 Å². The second-order valence-corrected chi connectivity index (χ2v) is 21.2. The molecule has 0 bridgehead atoms. The van der Waals surface area contributed by atoms with Gasteiger partial charge in [-0.25, -0.2) is 0 Å². The van der Waals surface area contributed by atoms with Crippen LogP contribution in [0, 0.1) is 6.92 Å². The van der Waals surface area contributed by atoms with Gasteiger partial charge in [0.2, 0.25) is 0 Å². The van der Waals surface area contributed by atoms with Crippen LogP contribution in [-0.4, -0.2) is 0 Å². The summed E-state index contributed by atoms with van der Waals surface area (Å²) in [6, 6.07) is 106. The third-order valence-corrected chi connectivity index (χ3v) is 16.0. The van der Waals surface area contributed by atoms with Crippen LogP contribution in [0.3, 0.4) is 0 Å². The fourth-order valence-corrected chi connectivity index (χ4v) is 12.1. The fourth-order valence-electron chi connectivity index (χ4n) is 12.1. The number of hydrogen-bond donors (Lipinski definition) is 0. The molecule has 1 aliphatic rings. The fraction of sp³-hybridized carbons (Fsp3) is 0.0361. The number of rotatable bonds is 16. The van der Waals surface area contributed by atoms with Gasteiger partial charge in [-0.15, -0.1) is 0 Å². The van der Waals surface area contributed by atoms with Gasteiger partial charge >= 0.3 is 0 Å². The highest BCUT2D eigenvalue weighted by atomic mass is 14.5. The van der Waals surface area contributed by atoms with Crippen LogP contribution in [0.15, 0.2) is 328 Å². The first-order chi connectivity index (χ1) is 41.0. The lowest BCUT2D eigenvalue weighted by atomic mass is 9.65. The van der Waals surface area contributed by atoms with E-state index >= 15 is 0 Å². The van der Waals surface area contributed by atoms with Crippen LogP contribution in [0.4, 0.5) is 0 Å². The van der Waals surface area contributed by atoms with Crippen LogP contribution in [0.1, 0.15) is 95.9 Å². The van der Waals surface area contributed by atoms with Gasteiger partial charge in [0.15, 0.2) is 0 Å². The number of fused-ring (bicyclic) bond motifs is 3. The van der Waals surface area contributed by atoms with Crippen molar-refractivity contribution in [2.45, 2.75) is 19.3 Å². The van der Waals surface area contributed by atoms with Gasteiger partial charge in [0.1, 0.15) is 0 Å². The van der Waals surface area contributed by atoms with Gasteiger partial charge in [-0.1, -0.05) is 304 Å². The molecule has 11 aromatic carbocycles. The third kappa shape index (κ3) is 11.1. The molecule has 0 heteroatoms. The van der Waals surface area contributed by atoms with Gasteiger partial charge in [0.05, 0.1) is 5.41 Å². The lowest BCUT2D eigenvalue weighted by Gasteiger charge is -2.36. The number of allylic oxidation sites excluding steroid dienone is 6. The van der Waals surface area contributed by atoms with Gasteiger partial charge in [-0.2, -0.15) is 0 Å². The van der Waals surface area contributed by atoms with E-state index in [-0.39, 0.29) is 0 Å². The molecule has 1 aliphatic carbocycles. The second-order valence-electron chi connectivity index (χ2n) is 21.2. The molecular weight excluding hydrogens is 997 g/mol. The Hall–Kier alpha value is -10.4. The summed E-state index contributed by atoms with van der Waals surface area (Å²) >= 11 is 0. The zero-order valence-corrected chi connectivity index (χ0v) is 47.0. The minimum Gasteiger partial charge on any atom is -0.0984 e.